The van der Waals surface area contributed by atoms with E-state index in [4.69, 9.17) is 4.99 Å². The molecule has 3 rings (SSSR count). The van der Waals surface area contributed by atoms with Gasteiger partial charge in [-0.2, -0.15) is 0 Å². The van der Waals surface area contributed by atoms with Crippen molar-refractivity contribution in [3.05, 3.63) is 82.6 Å². The molecule has 2 aromatic rings. The first-order valence-corrected chi connectivity index (χ1v) is 13.0. The van der Waals surface area contributed by atoms with Gasteiger partial charge >= 0.3 is 0 Å². The summed E-state index contributed by atoms with van der Waals surface area (Å²) >= 11 is 1.57. The Morgan fingerprint density at radius 3 is 2.86 bits per heavy atom. The molecule has 0 bridgehead atoms. The van der Waals surface area contributed by atoms with E-state index in [-0.39, 0.29) is 6.04 Å². The Morgan fingerprint density at radius 1 is 1.29 bits per heavy atom. The zero-order valence-corrected chi connectivity index (χ0v) is 21.4. The molecule has 1 atom stereocenters. The molecule has 1 fully saturated rings. The van der Waals surface area contributed by atoms with Crippen molar-refractivity contribution in [1.29, 1.82) is 0 Å². The molecule has 0 aliphatic heterocycles. The third-order valence-electron chi connectivity index (χ3n) is 5.86. The zero-order chi connectivity index (χ0) is 24.9. The van der Waals surface area contributed by atoms with Crippen molar-refractivity contribution >= 4 is 36.2 Å². The summed E-state index contributed by atoms with van der Waals surface area (Å²) in [6.07, 6.45) is 14.4. The van der Waals surface area contributed by atoms with Gasteiger partial charge in [-0.05, 0) is 68.3 Å². The maximum Gasteiger partial charge on any atom is 0.101 e. The second-order valence-corrected chi connectivity index (χ2v) is 9.55. The zero-order valence-electron chi connectivity index (χ0n) is 20.6. The van der Waals surface area contributed by atoms with Crippen LogP contribution in [0.25, 0.3) is 0 Å². The molecule has 0 radical (unpaired) electrons. The second kappa shape index (κ2) is 14.3. The summed E-state index contributed by atoms with van der Waals surface area (Å²) in [7, 11) is 0. The van der Waals surface area contributed by atoms with Crippen LogP contribution < -0.4 is 10.6 Å². The number of hydrogen-bond acceptors (Lipinski definition) is 7. The Bertz CT molecular complexity index is 1060. The summed E-state index contributed by atoms with van der Waals surface area (Å²) in [5.41, 5.74) is 4.31. The van der Waals surface area contributed by atoms with E-state index in [1.165, 1.54) is 25.7 Å². The molecule has 6 nitrogen and oxygen atoms in total. The van der Waals surface area contributed by atoms with Crippen LogP contribution >= 0.6 is 11.3 Å². The van der Waals surface area contributed by atoms with Crippen molar-refractivity contribution in [3.63, 3.8) is 0 Å². The number of hydrogen-bond donors (Lipinski definition) is 2. The van der Waals surface area contributed by atoms with E-state index >= 15 is 0 Å². The average molecular weight is 489 g/mol. The van der Waals surface area contributed by atoms with E-state index in [1.54, 1.807) is 23.7 Å². The molecule has 0 amide bonds. The summed E-state index contributed by atoms with van der Waals surface area (Å²) < 4.78 is 0. The molecule has 184 valence electrons. The molecule has 2 heterocycles. The van der Waals surface area contributed by atoms with Crippen LogP contribution in [0.2, 0.25) is 0 Å². The number of nitrogens with zero attached hydrogens (tertiary/aromatic N) is 4. The van der Waals surface area contributed by atoms with Gasteiger partial charge < -0.3 is 5.32 Å². The van der Waals surface area contributed by atoms with Crippen LogP contribution in [0.3, 0.4) is 0 Å². The van der Waals surface area contributed by atoms with Crippen LogP contribution in [0.4, 0.5) is 5.69 Å². The average Bonchev–Trinajstić information content (AvgIpc) is 3.59. The summed E-state index contributed by atoms with van der Waals surface area (Å²) in [4.78, 5) is 18.3. The SMILES string of the molecule is C=N/C=C(\C=C/CCCC1CC1)CNC(=C)/C(=N/CNC(C)c1ccccn1)c1sccc1N=C. The van der Waals surface area contributed by atoms with E-state index in [0.29, 0.717) is 13.2 Å². The van der Waals surface area contributed by atoms with Gasteiger partial charge in [0.05, 0.1) is 28.6 Å². The molecule has 7 heteroatoms. The van der Waals surface area contributed by atoms with Crippen molar-refractivity contribution in [2.45, 2.75) is 45.1 Å². The minimum absolute atomic E-state index is 0.0704. The van der Waals surface area contributed by atoms with Gasteiger partial charge in [0.2, 0.25) is 0 Å². The molecule has 1 saturated carbocycles. The lowest BCUT2D eigenvalue weighted by atomic mass is 10.1. The first-order chi connectivity index (χ1) is 17.1. The van der Waals surface area contributed by atoms with Crippen LogP contribution in [-0.4, -0.2) is 37.3 Å². The lowest BCUT2D eigenvalue weighted by Gasteiger charge is -2.15. The minimum atomic E-state index is 0.0704. The maximum atomic E-state index is 4.84. The fourth-order valence-corrected chi connectivity index (χ4v) is 4.52. The van der Waals surface area contributed by atoms with Crippen molar-refractivity contribution < 1.29 is 0 Å². The fraction of sp³-hybridized carbons (Fsp3) is 0.357. The van der Waals surface area contributed by atoms with Crippen LogP contribution in [0.1, 0.15) is 55.6 Å². The van der Waals surface area contributed by atoms with Crippen LogP contribution in [-0.2, 0) is 0 Å². The van der Waals surface area contributed by atoms with E-state index < -0.39 is 0 Å². The number of unbranched alkanes of at least 4 members (excludes halogenated alkanes) is 1. The first kappa shape index (κ1) is 26.4. The smallest absolute Gasteiger partial charge is 0.101 e. The number of nitrogens with one attached hydrogen (secondary N) is 2. The molecule has 1 aliphatic carbocycles. The molecule has 2 N–H and O–H groups in total. The highest BCUT2D eigenvalue weighted by Crippen LogP contribution is 2.33. The summed E-state index contributed by atoms with van der Waals surface area (Å²) in [6, 6.07) is 7.91. The minimum Gasteiger partial charge on any atom is -0.380 e. The Hall–Kier alpha value is -3.16. The lowest BCUT2D eigenvalue weighted by Crippen LogP contribution is -2.25. The van der Waals surface area contributed by atoms with Crippen LogP contribution in [0.15, 0.2) is 87.0 Å². The van der Waals surface area contributed by atoms with Crippen molar-refractivity contribution in [2.75, 3.05) is 13.2 Å². The van der Waals surface area contributed by atoms with Gasteiger partial charge in [0.1, 0.15) is 5.71 Å². The predicted molar refractivity (Wildman–Crippen MR) is 151 cm³/mol. The Kier molecular flexibility index (Phi) is 10.8. The Balaban J connectivity index is 1.63. The van der Waals surface area contributed by atoms with Crippen LogP contribution in [0, 0.1) is 5.92 Å². The van der Waals surface area contributed by atoms with Crippen molar-refractivity contribution in [2.24, 2.45) is 20.9 Å². The molecule has 1 unspecified atom stereocenters. The second-order valence-electron chi connectivity index (χ2n) is 8.63. The molecular weight excluding hydrogens is 452 g/mol. The van der Waals surface area contributed by atoms with Crippen molar-refractivity contribution in [3.8, 4) is 0 Å². The number of aliphatic imine (C=N–C) groups is 3. The van der Waals surface area contributed by atoms with Gasteiger partial charge in [0, 0.05) is 25.0 Å². The maximum absolute atomic E-state index is 4.84. The number of rotatable bonds is 16. The molecule has 35 heavy (non-hydrogen) atoms. The molecule has 1 aliphatic rings. The molecular formula is C28H36N6S. The molecule has 2 aromatic heterocycles. The lowest BCUT2D eigenvalue weighted by molar-refractivity contribution is 0.575. The van der Waals surface area contributed by atoms with Crippen molar-refractivity contribution in [1.82, 2.24) is 15.6 Å². The molecule has 0 saturated heterocycles. The topological polar surface area (TPSA) is 74.0 Å². The van der Waals surface area contributed by atoms with Gasteiger partial charge in [-0.15, -0.1) is 11.3 Å². The monoisotopic (exact) mass is 488 g/mol. The van der Waals surface area contributed by atoms with E-state index in [0.717, 1.165) is 45.6 Å². The highest BCUT2D eigenvalue weighted by atomic mass is 32.1. The highest BCUT2D eigenvalue weighted by molar-refractivity contribution is 7.13. The van der Waals surface area contributed by atoms with Gasteiger partial charge in [-0.25, -0.2) is 0 Å². The number of aromatic nitrogens is 1. The van der Waals surface area contributed by atoms with Gasteiger partial charge in [-0.3, -0.25) is 25.3 Å². The first-order valence-electron chi connectivity index (χ1n) is 12.1. The standard InChI is InChI=1S/C28H36N6S/c1-21(25-12-8-9-16-31-25)33-20-34-27(28-26(30-4)15-17-35-28)22(2)32-19-24(18-29-3)11-7-5-6-10-23-13-14-23/h7-9,11-12,15-18,21,23,32-33H,2-6,10,13-14,19-20H2,1H3/b11-7-,24-18+,34-27-. The fourth-order valence-electron chi connectivity index (χ4n) is 3.63. The highest BCUT2D eigenvalue weighted by Gasteiger charge is 2.19. The molecule has 0 aromatic carbocycles. The quantitative estimate of drug-likeness (QED) is 0.163. The van der Waals surface area contributed by atoms with E-state index in [1.807, 2.05) is 29.6 Å². The number of thiophene rings is 1. The van der Waals surface area contributed by atoms with Crippen LogP contribution in [0.5, 0.6) is 0 Å². The predicted octanol–water partition coefficient (Wildman–Crippen LogP) is 6.40. The van der Waals surface area contributed by atoms with E-state index in [9.17, 15) is 0 Å². The van der Waals surface area contributed by atoms with E-state index in [2.05, 4.69) is 64.7 Å². The Labute approximate surface area is 213 Å². The third-order valence-corrected chi connectivity index (χ3v) is 6.77. The van der Waals surface area contributed by atoms with Gasteiger partial charge in [0.25, 0.3) is 0 Å². The van der Waals surface area contributed by atoms with Gasteiger partial charge in [-0.1, -0.05) is 44.1 Å². The number of pyridine rings is 1. The number of allylic oxidation sites excluding steroid dienone is 2. The summed E-state index contributed by atoms with van der Waals surface area (Å²) in [6.45, 7) is 14.7. The third kappa shape index (κ3) is 8.85. The summed E-state index contributed by atoms with van der Waals surface area (Å²) in [5, 5.41) is 8.82. The normalized spacial score (nSPS) is 15.2. The Morgan fingerprint density at radius 2 is 2.14 bits per heavy atom. The largest absolute Gasteiger partial charge is 0.380 e. The van der Waals surface area contributed by atoms with Gasteiger partial charge in [0.15, 0.2) is 0 Å². The molecule has 0 spiro atoms. The summed E-state index contributed by atoms with van der Waals surface area (Å²) in [5.74, 6) is 0.976.